The van der Waals surface area contributed by atoms with E-state index in [4.69, 9.17) is 9.47 Å². The zero-order valence-corrected chi connectivity index (χ0v) is 13.6. The molecule has 1 fully saturated rings. The number of hydrogen-bond acceptors (Lipinski definition) is 4. The van der Waals surface area contributed by atoms with E-state index in [1.165, 1.54) is 4.90 Å². The quantitative estimate of drug-likeness (QED) is 0.695. The molecule has 0 radical (unpaired) electrons. The zero-order valence-electron chi connectivity index (χ0n) is 13.6. The summed E-state index contributed by atoms with van der Waals surface area (Å²) >= 11 is 0. The lowest BCUT2D eigenvalue weighted by atomic mass is 10.1. The smallest absolute Gasteiger partial charge is 0.411 e. The fourth-order valence-electron chi connectivity index (χ4n) is 2.21. The van der Waals surface area contributed by atoms with Gasteiger partial charge in [0.1, 0.15) is 17.2 Å². The number of esters is 1. The maximum absolute atomic E-state index is 12.2. The summed E-state index contributed by atoms with van der Waals surface area (Å²) in [6, 6.07) is -0.554. The van der Waals surface area contributed by atoms with Crippen molar-refractivity contribution in [3.05, 3.63) is 0 Å². The van der Waals surface area contributed by atoms with Crippen LogP contribution in [0.5, 0.6) is 0 Å². The molecule has 1 aliphatic heterocycles. The molecule has 5 heteroatoms. The number of rotatable bonds is 1. The lowest BCUT2D eigenvalue weighted by Gasteiger charge is -2.31. The topological polar surface area (TPSA) is 55.8 Å². The molecule has 1 saturated heterocycles. The maximum atomic E-state index is 12.2. The Labute approximate surface area is 121 Å². The fraction of sp³-hybridized carbons (Fsp3) is 0.867. The van der Waals surface area contributed by atoms with Gasteiger partial charge in [-0.2, -0.15) is 0 Å². The highest BCUT2D eigenvalue weighted by molar-refractivity contribution is 5.82. The van der Waals surface area contributed by atoms with Crippen LogP contribution in [0.4, 0.5) is 4.79 Å². The minimum absolute atomic E-state index is 0.0117. The Balaban J connectivity index is 2.81. The molecule has 1 rings (SSSR count). The number of amides is 1. The van der Waals surface area contributed by atoms with Gasteiger partial charge in [0.2, 0.25) is 0 Å². The summed E-state index contributed by atoms with van der Waals surface area (Å²) in [5, 5.41) is 0. The standard InChI is InChI=1S/C15H27NO4/c1-10-8-9-11(12(17)19-14(2,3)4)16(10)13(18)20-15(5,6)7/h10-11H,8-9H2,1-7H3/t10-,11-/m0/s1. The number of carbonyl (C=O) groups is 2. The van der Waals surface area contributed by atoms with Gasteiger partial charge in [0.25, 0.3) is 0 Å². The minimum Gasteiger partial charge on any atom is -0.458 e. The summed E-state index contributed by atoms with van der Waals surface area (Å²) in [7, 11) is 0. The summed E-state index contributed by atoms with van der Waals surface area (Å²) < 4.78 is 10.8. The Hall–Kier alpha value is -1.26. The van der Waals surface area contributed by atoms with Gasteiger partial charge in [0.15, 0.2) is 0 Å². The van der Waals surface area contributed by atoms with Crippen molar-refractivity contribution < 1.29 is 19.1 Å². The molecular formula is C15H27NO4. The van der Waals surface area contributed by atoms with Crippen LogP contribution in [0.3, 0.4) is 0 Å². The first-order valence-electron chi connectivity index (χ1n) is 7.15. The van der Waals surface area contributed by atoms with Crippen molar-refractivity contribution in [3.8, 4) is 0 Å². The SMILES string of the molecule is C[C@H]1CC[C@@H](C(=O)OC(C)(C)C)N1C(=O)OC(C)(C)C. The minimum atomic E-state index is -0.572. The van der Waals surface area contributed by atoms with Gasteiger partial charge in [0.05, 0.1) is 0 Å². The van der Waals surface area contributed by atoms with E-state index >= 15 is 0 Å². The molecule has 5 nitrogen and oxygen atoms in total. The molecule has 0 aromatic carbocycles. The molecule has 0 unspecified atom stereocenters. The molecule has 1 heterocycles. The largest absolute Gasteiger partial charge is 0.458 e. The molecule has 0 aromatic heterocycles. The second-order valence-corrected chi connectivity index (χ2v) is 7.36. The summed E-state index contributed by atoms with van der Waals surface area (Å²) in [6.45, 7) is 12.8. The molecule has 0 spiro atoms. The van der Waals surface area contributed by atoms with Crippen LogP contribution in [0.15, 0.2) is 0 Å². The molecule has 0 aromatic rings. The van der Waals surface area contributed by atoms with Gasteiger partial charge in [0, 0.05) is 6.04 Å². The van der Waals surface area contributed by atoms with Gasteiger partial charge in [-0.1, -0.05) is 0 Å². The van der Waals surface area contributed by atoms with Crippen molar-refractivity contribution in [2.24, 2.45) is 0 Å². The predicted octanol–water partition coefficient (Wildman–Crippen LogP) is 3.12. The van der Waals surface area contributed by atoms with Crippen LogP contribution in [-0.2, 0) is 14.3 Å². The molecule has 0 aliphatic carbocycles. The maximum Gasteiger partial charge on any atom is 0.411 e. The lowest BCUT2D eigenvalue weighted by molar-refractivity contribution is -0.160. The first-order valence-corrected chi connectivity index (χ1v) is 7.15. The van der Waals surface area contributed by atoms with E-state index in [-0.39, 0.29) is 12.0 Å². The van der Waals surface area contributed by atoms with Gasteiger partial charge >= 0.3 is 12.1 Å². The van der Waals surface area contributed by atoms with Crippen LogP contribution in [0, 0.1) is 0 Å². The van der Waals surface area contributed by atoms with E-state index in [2.05, 4.69) is 0 Å². The monoisotopic (exact) mass is 285 g/mol. The molecule has 1 amide bonds. The van der Waals surface area contributed by atoms with Gasteiger partial charge in [-0.05, 0) is 61.3 Å². The van der Waals surface area contributed by atoms with Gasteiger partial charge in [-0.15, -0.1) is 0 Å². The van der Waals surface area contributed by atoms with Gasteiger partial charge in [-0.3, -0.25) is 4.90 Å². The zero-order chi connectivity index (χ0) is 15.7. The fourth-order valence-corrected chi connectivity index (χ4v) is 2.21. The molecule has 20 heavy (non-hydrogen) atoms. The second kappa shape index (κ2) is 5.62. The number of hydrogen-bond donors (Lipinski definition) is 0. The molecule has 0 N–H and O–H groups in total. The van der Waals surface area contributed by atoms with Crippen molar-refractivity contribution in [1.82, 2.24) is 4.90 Å². The van der Waals surface area contributed by atoms with Crippen LogP contribution in [-0.4, -0.2) is 40.2 Å². The highest BCUT2D eigenvalue weighted by Crippen LogP contribution is 2.28. The Bertz CT molecular complexity index is 378. The van der Waals surface area contributed by atoms with Crippen molar-refractivity contribution in [2.75, 3.05) is 0 Å². The Morgan fingerprint density at radius 1 is 0.950 bits per heavy atom. The predicted molar refractivity (Wildman–Crippen MR) is 76.4 cm³/mol. The highest BCUT2D eigenvalue weighted by Gasteiger charge is 2.42. The average Bonchev–Trinajstić information content (AvgIpc) is 2.54. The third-order valence-corrected chi connectivity index (χ3v) is 2.95. The van der Waals surface area contributed by atoms with Crippen LogP contribution in [0.1, 0.15) is 61.3 Å². The molecule has 0 bridgehead atoms. The first-order chi connectivity index (χ1) is 8.91. The van der Waals surface area contributed by atoms with Crippen LogP contribution >= 0.6 is 0 Å². The van der Waals surface area contributed by atoms with E-state index in [0.29, 0.717) is 6.42 Å². The van der Waals surface area contributed by atoms with E-state index in [1.807, 2.05) is 48.5 Å². The number of carbonyl (C=O) groups excluding carboxylic acids is 2. The second-order valence-electron chi connectivity index (χ2n) is 7.36. The van der Waals surface area contributed by atoms with Gasteiger partial charge in [-0.25, -0.2) is 9.59 Å². The lowest BCUT2D eigenvalue weighted by Crippen LogP contribution is -2.48. The average molecular weight is 285 g/mol. The number of likely N-dealkylation sites (tertiary alicyclic amines) is 1. The first kappa shape index (κ1) is 16.8. The Morgan fingerprint density at radius 3 is 1.90 bits per heavy atom. The summed E-state index contributed by atoms with van der Waals surface area (Å²) in [5.74, 6) is -0.354. The summed E-state index contributed by atoms with van der Waals surface area (Å²) in [5.41, 5.74) is -1.12. The molecule has 1 aliphatic rings. The van der Waals surface area contributed by atoms with Crippen LogP contribution in [0.25, 0.3) is 0 Å². The molecule has 0 saturated carbocycles. The summed E-state index contributed by atoms with van der Waals surface area (Å²) in [4.78, 5) is 26.0. The van der Waals surface area contributed by atoms with Crippen molar-refractivity contribution in [2.45, 2.75) is 84.6 Å². The highest BCUT2D eigenvalue weighted by atomic mass is 16.6. The van der Waals surface area contributed by atoms with Crippen LogP contribution < -0.4 is 0 Å². The van der Waals surface area contributed by atoms with E-state index in [0.717, 1.165) is 6.42 Å². The van der Waals surface area contributed by atoms with E-state index in [9.17, 15) is 9.59 Å². The normalized spacial score (nSPS) is 23.6. The van der Waals surface area contributed by atoms with E-state index < -0.39 is 23.3 Å². The molecule has 2 atom stereocenters. The molecule has 116 valence electrons. The third kappa shape index (κ3) is 4.69. The van der Waals surface area contributed by atoms with Crippen molar-refractivity contribution in [1.29, 1.82) is 0 Å². The third-order valence-electron chi connectivity index (χ3n) is 2.95. The van der Waals surface area contributed by atoms with E-state index in [1.54, 1.807) is 0 Å². The van der Waals surface area contributed by atoms with Crippen molar-refractivity contribution >= 4 is 12.1 Å². The molecular weight excluding hydrogens is 258 g/mol. The van der Waals surface area contributed by atoms with Crippen LogP contribution in [0.2, 0.25) is 0 Å². The van der Waals surface area contributed by atoms with Crippen molar-refractivity contribution in [3.63, 3.8) is 0 Å². The Kier molecular flexibility index (Phi) is 4.72. The number of nitrogens with zero attached hydrogens (tertiary/aromatic N) is 1. The Morgan fingerprint density at radius 2 is 1.45 bits per heavy atom. The summed E-state index contributed by atoms with van der Waals surface area (Å²) in [6.07, 6.45) is 0.955. The van der Waals surface area contributed by atoms with Gasteiger partial charge < -0.3 is 9.47 Å². The number of ether oxygens (including phenoxy) is 2.